The lowest BCUT2D eigenvalue weighted by molar-refractivity contribution is 0.105. The molecule has 2 rings (SSSR count). The number of aliphatic imine (C=N–C) groups is 1. The van der Waals surface area contributed by atoms with Crippen molar-refractivity contribution >= 4 is 51.3 Å². The van der Waals surface area contributed by atoms with Crippen molar-refractivity contribution in [2.45, 2.75) is 23.8 Å². The Morgan fingerprint density at radius 1 is 1.29 bits per heavy atom. The van der Waals surface area contributed by atoms with Crippen LogP contribution in [0.2, 0.25) is 0 Å². The van der Waals surface area contributed by atoms with Crippen LogP contribution in [0.25, 0.3) is 0 Å². The van der Waals surface area contributed by atoms with Gasteiger partial charge in [0.05, 0.1) is 12.8 Å². The summed E-state index contributed by atoms with van der Waals surface area (Å²) in [7, 11) is 1.36. The molecule has 0 aromatic carbocycles. The van der Waals surface area contributed by atoms with Gasteiger partial charge < -0.3 is 19.8 Å². The van der Waals surface area contributed by atoms with Crippen molar-refractivity contribution in [2.75, 3.05) is 34.3 Å². The molecule has 0 fully saturated rings. The molecule has 158 valence electrons. The number of thiophene rings is 1. The first kappa shape index (κ1) is 24.9. The number of rotatable bonds is 10. The van der Waals surface area contributed by atoms with Gasteiger partial charge in [-0.25, -0.2) is 12.7 Å². The summed E-state index contributed by atoms with van der Waals surface area (Å²) in [6.07, 6.45) is 2.45. The molecular weight excluding hydrogens is 515 g/mol. The molecule has 0 unspecified atom stereocenters. The Bertz CT molecular complexity index is 820. The standard InChI is InChI=1S/C17H26N4O4S2.HI/c1-18-17(19-9-5-10-24-13-14-6-4-11-25-14)20-12-15-7-8-16(26-15)27(22,23)21(2)3;/h4,6-8,11H,5,9-10,12-13H2,1-3H3,(H2,18,19,20);1H. The highest BCUT2D eigenvalue weighted by molar-refractivity contribution is 14.0. The maximum absolute atomic E-state index is 12.1. The van der Waals surface area contributed by atoms with Crippen LogP contribution in [0.1, 0.15) is 17.1 Å². The largest absolute Gasteiger partial charge is 0.467 e. The third-order valence-corrected chi connectivity index (χ3v) is 6.98. The Kier molecular flexibility index (Phi) is 11.0. The van der Waals surface area contributed by atoms with Crippen LogP contribution < -0.4 is 10.6 Å². The third-order valence-electron chi connectivity index (χ3n) is 3.61. The number of ether oxygens (including phenoxy) is 1. The molecule has 0 saturated carbocycles. The monoisotopic (exact) mass is 542 g/mol. The predicted octanol–water partition coefficient (Wildman–Crippen LogP) is 2.48. The lowest BCUT2D eigenvalue weighted by atomic mass is 10.4. The van der Waals surface area contributed by atoms with Gasteiger partial charge in [0.2, 0.25) is 0 Å². The maximum atomic E-state index is 12.1. The van der Waals surface area contributed by atoms with E-state index in [2.05, 4.69) is 15.6 Å². The normalized spacial score (nSPS) is 12.1. The summed E-state index contributed by atoms with van der Waals surface area (Å²) in [5.74, 6) is 1.47. The number of guanidine groups is 1. The minimum atomic E-state index is -3.38. The SMILES string of the molecule is CN=C(NCCCOCc1ccco1)NCc1ccc(S(=O)(=O)N(C)C)s1.I. The van der Waals surface area contributed by atoms with Crippen LogP contribution in [0, 0.1) is 0 Å². The molecular formula is C17H27IN4O4S2. The second kappa shape index (κ2) is 12.4. The predicted molar refractivity (Wildman–Crippen MR) is 122 cm³/mol. The van der Waals surface area contributed by atoms with Crippen LogP contribution in [0.5, 0.6) is 0 Å². The first-order chi connectivity index (χ1) is 12.9. The van der Waals surface area contributed by atoms with Crippen LogP contribution in [-0.4, -0.2) is 53.0 Å². The quantitative estimate of drug-likeness (QED) is 0.207. The molecule has 0 saturated heterocycles. The number of nitrogens with one attached hydrogen (secondary N) is 2. The van der Waals surface area contributed by atoms with Crippen molar-refractivity contribution < 1.29 is 17.6 Å². The number of sulfonamides is 1. The number of nitrogens with zero attached hydrogens (tertiary/aromatic N) is 2. The summed E-state index contributed by atoms with van der Waals surface area (Å²) in [4.78, 5) is 5.08. The Morgan fingerprint density at radius 3 is 2.71 bits per heavy atom. The van der Waals surface area contributed by atoms with Gasteiger partial charge in [-0.2, -0.15) is 0 Å². The summed E-state index contributed by atoms with van der Waals surface area (Å²) < 4.78 is 36.5. The number of hydrogen-bond donors (Lipinski definition) is 2. The van der Waals surface area contributed by atoms with Crippen molar-refractivity contribution in [2.24, 2.45) is 4.99 Å². The molecule has 0 aliphatic rings. The van der Waals surface area contributed by atoms with E-state index in [1.165, 1.54) is 29.7 Å². The average Bonchev–Trinajstić information content (AvgIpc) is 3.32. The molecule has 2 heterocycles. The van der Waals surface area contributed by atoms with E-state index < -0.39 is 10.0 Å². The fourth-order valence-corrected chi connectivity index (χ4v) is 4.58. The Balaban J connectivity index is 0.00000392. The molecule has 0 atom stereocenters. The number of halogens is 1. The van der Waals surface area contributed by atoms with Gasteiger partial charge >= 0.3 is 0 Å². The van der Waals surface area contributed by atoms with Gasteiger partial charge in [0, 0.05) is 39.2 Å². The molecule has 0 aliphatic carbocycles. The van der Waals surface area contributed by atoms with E-state index in [0.29, 0.717) is 36.5 Å². The lowest BCUT2D eigenvalue weighted by Gasteiger charge is -2.11. The Hall–Kier alpha value is -1.15. The second-order valence-corrected chi connectivity index (χ2v) is 9.39. The van der Waals surface area contributed by atoms with Crippen molar-refractivity contribution in [1.82, 2.24) is 14.9 Å². The van der Waals surface area contributed by atoms with Gasteiger partial charge in [0.1, 0.15) is 16.6 Å². The van der Waals surface area contributed by atoms with Gasteiger partial charge in [-0.05, 0) is 30.7 Å². The summed E-state index contributed by atoms with van der Waals surface area (Å²) in [5, 5.41) is 6.38. The van der Waals surface area contributed by atoms with Crippen molar-refractivity contribution in [3.05, 3.63) is 41.2 Å². The molecule has 0 spiro atoms. The van der Waals surface area contributed by atoms with Gasteiger partial charge in [-0.15, -0.1) is 35.3 Å². The molecule has 8 nitrogen and oxygen atoms in total. The molecule has 2 N–H and O–H groups in total. The van der Waals surface area contributed by atoms with Crippen LogP contribution >= 0.6 is 35.3 Å². The zero-order chi connectivity index (χ0) is 19.7. The maximum Gasteiger partial charge on any atom is 0.252 e. The highest BCUT2D eigenvalue weighted by Gasteiger charge is 2.19. The minimum Gasteiger partial charge on any atom is -0.467 e. The van der Waals surface area contributed by atoms with Crippen LogP contribution in [0.4, 0.5) is 0 Å². The van der Waals surface area contributed by atoms with E-state index in [9.17, 15) is 8.42 Å². The topological polar surface area (TPSA) is 96.2 Å². The highest BCUT2D eigenvalue weighted by atomic mass is 127. The first-order valence-corrected chi connectivity index (χ1v) is 10.7. The van der Waals surface area contributed by atoms with Crippen LogP contribution in [-0.2, 0) is 27.9 Å². The Morgan fingerprint density at radius 2 is 2.07 bits per heavy atom. The first-order valence-electron chi connectivity index (χ1n) is 8.49. The second-order valence-electron chi connectivity index (χ2n) is 5.85. The summed E-state index contributed by atoms with van der Waals surface area (Å²) in [6, 6.07) is 7.15. The van der Waals surface area contributed by atoms with E-state index in [1.54, 1.807) is 19.4 Å². The van der Waals surface area contributed by atoms with Crippen LogP contribution in [0.3, 0.4) is 0 Å². The van der Waals surface area contributed by atoms with Crippen molar-refractivity contribution in [3.63, 3.8) is 0 Å². The van der Waals surface area contributed by atoms with Crippen LogP contribution in [0.15, 0.2) is 44.1 Å². The molecule has 11 heteroatoms. The lowest BCUT2D eigenvalue weighted by Crippen LogP contribution is -2.37. The summed E-state index contributed by atoms with van der Waals surface area (Å²) in [6.45, 7) is 2.29. The fourth-order valence-electron chi connectivity index (χ4n) is 2.11. The molecule has 2 aromatic rings. The van der Waals surface area contributed by atoms with E-state index in [1.807, 2.05) is 18.2 Å². The molecule has 0 radical (unpaired) electrons. The molecule has 0 bridgehead atoms. The van der Waals surface area contributed by atoms with E-state index >= 15 is 0 Å². The summed E-state index contributed by atoms with van der Waals surface area (Å²) in [5.41, 5.74) is 0. The molecule has 2 aromatic heterocycles. The Labute approximate surface area is 187 Å². The van der Waals surface area contributed by atoms with Gasteiger partial charge in [0.15, 0.2) is 5.96 Å². The van der Waals surface area contributed by atoms with Gasteiger partial charge in [0.25, 0.3) is 10.0 Å². The third kappa shape index (κ3) is 7.70. The number of furan rings is 1. The van der Waals surface area contributed by atoms with E-state index in [0.717, 1.165) is 17.1 Å². The zero-order valence-electron chi connectivity index (χ0n) is 16.2. The molecule has 0 amide bonds. The molecule has 0 aliphatic heterocycles. The van der Waals surface area contributed by atoms with Crippen molar-refractivity contribution in [1.29, 1.82) is 0 Å². The van der Waals surface area contributed by atoms with Gasteiger partial charge in [-0.3, -0.25) is 4.99 Å². The summed E-state index contributed by atoms with van der Waals surface area (Å²) >= 11 is 1.25. The smallest absolute Gasteiger partial charge is 0.252 e. The molecule has 28 heavy (non-hydrogen) atoms. The highest BCUT2D eigenvalue weighted by Crippen LogP contribution is 2.23. The van der Waals surface area contributed by atoms with E-state index in [-0.39, 0.29) is 24.0 Å². The fraction of sp³-hybridized carbons (Fsp3) is 0.471. The van der Waals surface area contributed by atoms with Crippen molar-refractivity contribution in [3.8, 4) is 0 Å². The minimum absolute atomic E-state index is 0. The van der Waals surface area contributed by atoms with E-state index in [4.69, 9.17) is 9.15 Å². The number of hydrogen-bond acceptors (Lipinski definition) is 6. The van der Waals surface area contributed by atoms with Gasteiger partial charge in [-0.1, -0.05) is 0 Å². The zero-order valence-corrected chi connectivity index (χ0v) is 20.1. The average molecular weight is 542 g/mol.